The van der Waals surface area contributed by atoms with E-state index in [9.17, 15) is 4.79 Å². The summed E-state index contributed by atoms with van der Waals surface area (Å²) in [6.07, 6.45) is 1.54. The first kappa shape index (κ1) is 13.7. The van der Waals surface area contributed by atoms with Gasteiger partial charge < -0.3 is 15.2 Å². The Balaban J connectivity index is 1.98. The first-order valence-electron chi connectivity index (χ1n) is 6.17. The van der Waals surface area contributed by atoms with Crippen LogP contribution >= 0.6 is 15.9 Å². The van der Waals surface area contributed by atoms with Gasteiger partial charge in [-0.1, -0.05) is 0 Å². The molecule has 2 N–H and O–H groups in total. The molecule has 0 atom stereocenters. The largest absolute Gasteiger partial charge is 0.454 e. The number of anilines is 1. The molecule has 0 spiro atoms. The van der Waals surface area contributed by atoms with Crippen LogP contribution in [0.25, 0.3) is 0 Å². The van der Waals surface area contributed by atoms with Gasteiger partial charge in [0, 0.05) is 6.07 Å². The fraction of sp³-hybridized carbons (Fsp3) is 0.143. The van der Waals surface area contributed by atoms with Gasteiger partial charge in [0.25, 0.3) is 5.56 Å². The molecule has 1 aromatic heterocycles. The van der Waals surface area contributed by atoms with Gasteiger partial charge in [-0.3, -0.25) is 4.79 Å². The summed E-state index contributed by atoms with van der Waals surface area (Å²) in [7, 11) is 0. The lowest BCUT2D eigenvalue weighted by atomic mass is 10.2. The zero-order valence-corrected chi connectivity index (χ0v) is 12.8. The summed E-state index contributed by atoms with van der Waals surface area (Å²) in [6.45, 7) is 2.00. The molecule has 1 aliphatic rings. The van der Waals surface area contributed by atoms with E-state index in [1.54, 1.807) is 25.3 Å². The SMILES string of the molecule is Cc1cc(N)n(/N=C\c2cc(Br)c3c(c2)OCO3)c(=O)c1. The van der Waals surface area contributed by atoms with Crippen LogP contribution in [0.5, 0.6) is 11.5 Å². The standard InChI is InChI=1S/C14H12BrN3O3/c1-8-2-12(16)18(13(19)3-8)17-6-9-4-10(15)14-11(5-9)20-7-21-14/h2-6H,7,16H2,1H3/b17-6-. The number of hydrogen-bond donors (Lipinski definition) is 1. The van der Waals surface area contributed by atoms with Crippen LogP contribution in [-0.2, 0) is 0 Å². The Hall–Kier alpha value is -2.28. The van der Waals surface area contributed by atoms with Crippen LogP contribution in [0.1, 0.15) is 11.1 Å². The minimum atomic E-state index is -0.274. The monoisotopic (exact) mass is 349 g/mol. The minimum Gasteiger partial charge on any atom is -0.454 e. The first-order valence-corrected chi connectivity index (χ1v) is 6.96. The highest BCUT2D eigenvalue weighted by atomic mass is 79.9. The van der Waals surface area contributed by atoms with Crippen molar-refractivity contribution >= 4 is 28.0 Å². The minimum absolute atomic E-state index is 0.193. The van der Waals surface area contributed by atoms with E-state index in [0.29, 0.717) is 11.5 Å². The van der Waals surface area contributed by atoms with Crippen molar-refractivity contribution in [1.29, 1.82) is 0 Å². The molecule has 1 aliphatic heterocycles. The molecule has 0 saturated carbocycles. The van der Waals surface area contributed by atoms with Gasteiger partial charge in [0.1, 0.15) is 5.82 Å². The van der Waals surface area contributed by atoms with Crippen molar-refractivity contribution in [3.8, 4) is 11.5 Å². The third-order valence-corrected chi connectivity index (χ3v) is 3.54. The van der Waals surface area contributed by atoms with Crippen LogP contribution in [0.15, 0.2) is 38.6 Å². The summed E-state index contributed by atoms with van der Waals surface area (Å²) in [4.78, 5) is 11.9. The molecular weight excluding hydrogens is 338 g/mol. The molecule has 6 nitrogen and oxygen atoms in total. The number of aryl methyl sites for hydroxylation is 1. The third-order valence-electron chi connectivity index (χ3n) is 2.95. The highest BCUT2D eigenvalue weighted by Crippen LogP contribution is 2.39. The van der Waals surface area contributed by atoms with E-state index in [1.807, 2.05) is 6.07 Å². The lowest BCUT2D eigenvalue weighted by Crippen LogP contribution is -2.19. The Labute approximate surface area is 128 Å². The molecule has 1 aromatic carbocycles. The second kappa shape index (κ2) is 5.25. The van der Waals surface area contributed by atoms with Gasteiger partial charge >= 0.3 is 0 Å². The number of nitrogens with zero attached hydrogens (tertiary/aromatic N) is 2. The van der Waals surface area contributed by atoms with Crippen LogP contribution in [0.4, 0.5) is 5.82 Å². The number of benzene rings is 1. The number of rotatable bonds is 2. The molecule has 2 heterocycles. The van der Waals surface area contributed by atoms with E-state index in [4.69, 9.17) is 15.2 Å². The van der Waals surface area contributed by atoms with E-state index in [0.717, 1.165) is 20.3 Å². The number of pyridine rings is 1. The first-order chi connectivity index (χ1) is 10.0. The van der Waals surface area contributed by atoms with Crippen molar-refractivity contribution in [1.82, 2.24) is 4.68 Å². The van der Waals surface area contributed by atoms with Gasteiger partial charge in [-0.05, 0) is 52.2 Å². The molecule has 0 fully saturated rings. The Morgan fingerprint density at radius 2 is 2.14 bits per heavy atom. The summed E-state index contributed by atoms with van der Waals surface area (Å²) in [5, 5.41) is 4.12. The van der Waals surface area contributed by atoms with Gasteiger partial charge in [-0.2, -0.15) is 9.78 Å². The van der Waals surface area contributed by atoms with Crippen molar-refractivity contribution in [2.24, 2.45) is 5.10 Å². The highest BCUT2D eigenvalue weighted by molar-refractivity contribution is 9.10. The summed E-state index contributed by atoms with van der Waals surface area (Å²) >= 11 is 3.40. The molecular formula is C14H12BrN3O3. The number of halogens is 1. The average Bonchev–Trinajstić information content (AvgIpc) is 2.86. The zero-order chi connectivity index (χ0) is 15.0. The van der Waals surface area contributed by atoms with Gasteiger partial charge in [-0.25, -0.2) is 0 Å². The normalized spacial score (nSPS) is 13.0. The van der Waals surface area contributed by atoms with E-state index >= 15 is 0 Å². The predicted molar refractivity (Wildman–Crippen MR) is 83.1 cm³/mol. The molecule has 7 heteroatoms. The molecule has 0 unspecified atom stereocenters. The average molecular weight is 350 g/mol. The predicted octanol–water partition coefficient (Wildman–Crippen LogP) is 2.11. The van der Waals surface area contributed by atoms with Gasteiger partial charge in [-0.15, -0.1) is 0 Å². The number of nitrogen functional groups attached to an aromatic ring is 1. The maximum Gasteiger partial charge on any atom is 0.273 e. The van der Waals surface area contributed by atoms with Gasteiger partial charge in [0.05, 0.1) is 10.7 Å². The second-order valence-corrected chi connectivity index (χ2v) is 5.44. The summed E-state index contributed by atoms with van der Waals surface area (Å²) in [5.74, 6) is 1.59. The Bertz CT molecular complexity index is 799. The van der Waals surface area contributed by atoms with Gasteiger partial charge in [0.2, 0.25) is 6.79 Å². The molecule has 3 rings (SSSR count). The molecule has 0 amide bonds. The molecule has 0 radical (unpaired) electrons. The highest BCUT2D eigenvalue weighted by Gasteiger charge is 2.17. The smallest absolute Gasteiger partial charge is 0.273 e. The van der Waals surface area contributed by atoms with E-state index < -0.39 is 0 Å². The van der Waals surface area contributed by atoms with Gasteiger partial charge in [0.15, 0.2) is 11.5 Å². The summed E-state index contributed by atoms with van der Waals surface area (Å²) < 4.78 is 12.5. The Kier molecular flexibility index (Phi) is 3.42. The number of aromatic nitrogens is 1. The van der Waals surface area contributed by atoms with Crippen molar-refractivity contribution in [3.63, 3.8) is 0 Å². The van der Waals surface area contributed by atoms with Crippen molar-refractivity contribution in [2.45, 2.75) is 6.92 Å². The maximum atomic E-state index is 11.9. The second-order valence-electron chi connectivity index (χ2n) is 4.59. The molecule has 2 aromatic rings. The fourth-order valence-electron chi connectivity index (χ4n) is 2.03. The van der Waals surface area contributed by atoms with Crippen LogP contribution in [0.3, 0.4) is 0 Å². The molecule has 108 valence electrons. The number of fused-ring (bicyclic) bond motifs is 1. The van der Waals surface area contributed by atoms with Crippen molar-refractivity contribution < 1.29 is 9.47 Å². The Morgan fingerprint density at radius 3 is 2.90 bits per heavy atom. The van der Waals surface area contributed by atoms with Crippen molar-refractivity contribution in [3.05, 3.63) is 50.2 Å². The van der Waals surface area contributed by atoms with E-state index in [2.05, 4.69) is 21.0 Å². The third kappa shape index (κ3) is 2.64. The number of nitrogens with two attached hydrogens (primary N) is 1. The lowest BCUT2D eigenvalue weighted by molar-refractivity contribution is 0.173. The fourth-order valence-corrected chi connectivity index (χ4v) is 2.60. The number of hydrogen-bond acceptors (Lipinski definition) is 5. The molecule has 21 heavy (non-hydrogen) atoms. The van der Waals surface area contributed by atoms with E-state index in [1.165, 1.54) is 6.07 Å². The quantitative estimate of drug-likeness (QED) is 0.842. The molecule has 0 saturated heterocycles. The Morgan fingerprint density at radius 1 is 1.33 bits per heavy atom. The van der Waals surface area contributed by atoms with E-state index in [-0.39, 0.29) is 18.2 Å². The van der Waals surface area contributed by atoms with Crippen LogP contribution in [0, 0.1) is 6.92 Å². The zero-order valence-electron chi connectivity index (χ0n) is 11.2. The lowest BCUT2D eigenvalue weighted by Gasteiger charge is -2.04. The number of ether oxygens (including phenoxy) is 2. The summed E-state index contributed by atoms with van der Waals surface area (Å²) in [5.41, 5.74) is 7.09. The molecule has 0 aliphatic carbocycles. The molecule has 0 bridgehead atoms. The maximum absolute atomic E-state index is 11.9. The summed E-state index contributed by atoms with van der Waals surface area (Å²) in [6, 6.07) is 6.77. The topological polar surface area (TPSA) is 78.8 Å². The van der Waals surface area contributed by atoms with Crippen molar-refractivity contribution in [2.75, 3.05) is 12.5 Å². The van der Waals surface area contributed by atoms with Crippen LogP contribution in [-0.4, -0.2) is 17.7 Å². The van der Waals surface area contributed by atoms with Crippen LogP contribution < -0.4 is 20.8 Å². The van der Waals surface area contributed by atoms with Crippen LogP contribution in [0.2, 0.25) is 0 Å².